The zero-order valence-electron chi connectivity index (χ0n) is 10.6. The fourth-order valence-corrected chi connectivity index (χ4v) is 2.97. The Bertz CT molecular complexity index is 582. The van der Waals surface area contributed by atoms with Gasteiger partial charge in [-0.25, -0.2) is 9.97 Å². The molecule has 0 aliphatic heterocycles. The molecule has 4 nitrogen and oxygen atoms in total. The van der Waals surface area contributed by atoms with Crippen LogP contribution >= 0.6 is 0 Å². The molecule has 4 heteroatoms. The number of fused-ring (bicyclic) bond motifs is 1. The topological polar surface area (TPSA) is 58.6 Å². The highest BCUT2D eigenvalue weighted by Gasteiger charge is 2.22. The van der Waals surface area contributed by atoms with Crippen molar-refractivity contribution in [2.45, 2.75) is 44.9 Å². The van der Waals surface area contributed by atoms with Gasteiger partial charge < -0.3 is 4.98 Å². The quantitative estimate of drug-likeness (QED) is 0.824. The smallest absolute Gasteiger partial charge is 0.152 e. The van der Waals surface area contributed by atoms with Crippen molar-refractivity contribution in [1.82, 2.24) is 15.0 Å². The molecule has 2 aromatic heterocycles. The number of rotatable bonds is 2. The van der Waals surface area contributed by atoms with Gasteiger partial charge in [0.25, 0.3) is 0 Å². The molecule has 2 aromatic rings. The molecule has 1 aliphatic carbocycles. The second-order valence-corrected chi connectivity index (χ2v) is 5.08. The minimum Gasteiger partial charge on any atom is -0.345 e. The first-order chi connectivity index (χ1) is 8.79. The van der Waals surface area contributed by atoms with Crippen LogP contribution in [-0.4, -0.2) is 21.2 Å². The summed E-state index contributed by atoms with van der Waals surface area (Å²) in [7, 11) is 0. The molecule has 0 radical (unpaired) electrons. The van der Waals surface area contributed by atoms with Crippen LogP contribution in [-0.2, 0) is 0 Å². The summed E-state index contributed by atoms with van der Waals surface area (Å²) in [6, 6.07) is 0. The molecule has 0 spiro atoms. The Morgan fingerprint density at radius 3 is 2.78 bits per heavy atom. The standard InChI is InChI=1S/C14H17N3O/c1-9-16-13(10-5-3-2-4-6-10)12-11(8-18)7-15-14(12)17-9/h7-8,10H,2-6H2,1H3,(H,15,16,17). The summed E-state index contributed by atoms with van der Waals surface area (Å²) in [5.41, 5.74) is 2.55. The van der Waals surface area contributed by atoms with Gasteiger partial charge in [0.2, 0.25) is 0 Å². The van der Waals surface area contributed by atoms with E-state index < -0.39 is 0 Å². The monoisotopic (exact) mass is 243 g/mol. The van der Waals surface area contributed by atoms with E-state index in [-0.39, 0.29) is 0 Å². The minimum atomic E-state index is 0.484. The van der Waals surface area contributed by atoms with Crippen molar-refractivity contribution in [3.63, 3.8) is 0 Å². The lowest BCUT2D eigenvalue weighted by Gasteiger charge is -2.22. The van der Waals surface area contributed by atoms with Gasteiger partial charge in [0.05, 0.1) is 11.1 Å². The summed E-state index contributed by atoms with van der Waals surface area (Å²) >= 11 is 0. The number of H-pyrrole nitrogens is 1. The Hall–Kier alpha value is -1.71. The van der Waals surface area contributed by atoms with Crippen molar-refractivity contribution in [1.29, 1.82) is 0 Å². The van der Waals surface area contributed by atoms with E-state index in [0.29, 0.717) is 11.5 Å². The Balaban J connectivity index is 2.18. The average molecular weight is 243 g/mol. The highest BCUT2D eigenvalue weighted by molar-refractivity contribution is 5.97. The van der Waals surface area contributed by atoms with Gasteiger partial charge in [0.1, 0.15) is 11.5 Å². The van der Waals surface area contributed by atoms with Gasteiger partial charge in [-0.2, -0.15) is 0 Å². The predicted molar refractivity (Wildman–Crippen MR) is 69.8 cm³/mol. The molecule has 2 heterocycles. The molecule has 94 valence electrons. The van der Waals surface area contributed by atoms with E-state index in [1.165, 1.54) is 32.1 Å². The number of hydrogen-bond acceptors (Lipinski definition) is 3. The van der Waals surface area contributed by atoms with Gasteiger partial charge in [-0.3, -0.25) is 4.79 Å². The number of aromatic amines is 1. The third-order valence-electron chi connectivity index (χ3n) is 3.82. The van der Waals surface area contributed by atoms with E-state index >= 15 is 0 Å². The SMILES string of the molecule is Cc1nc(C2CCCCC2)c2c(C=O)c[nH]c2n1. The third-order valence-corrected chi connectivity index (χ3v) is 3.82. The van der Waals surface area contributed by atoms with Crippen molar-refractivity contribution in [2.75, 3.05) is 0 Å². The number of aldehydes is 1. The first-order valence-corrected chi connectivity index (χ1v) is 6.60. The van der Waals surface area contributed by atoms with E-state index in [1.54, 1.807) is 6.20 Å². The Morgan fingerprint density at radius 1 is 1.28 bits per heavy atom. The van der Waals surface area contributed by atoms with Crippen LogP contribution in [0.3, 0.4) is 0 Å². The molecule has 0 saturated heterocycles. The molecule has 3 rings (SSSR count). The molecule has 0 amide bonds. The van der Waals surface area contributed by atoms with Crippen molar-refractivity contribution in [3.05, 3.63) is 23.3 Å². The highest BCUT2D eigenvalue weighted by Crippen LogP contribution is 2.35. The molecular formula is C14H17N3O. The van der Waals surface area contributed by atoms with E-state index in [0.717, 1.165) is 28.8 Å². The average Bonchev–Trinajstić information content (AvgIpc) is 2.81. The molecule has 0 unspecified atom stereocenters. The van der Waals surface area contributed by atoms with Crippen molar-refractivity contribution in [3.8, 4) is 0 Å². The summed E-state index contributed by atoms with van der Waals surface area (Å²) < 4.78 is 0. The Morgan fingerprint density at radius 2 is 2.06 bits per heavy atom. The summed E-state index contributed by atoms with van der Waals surface area (Å²) in [5, 5.41) is 0.933. The first kappa shape index (κ1) is 11.4. The minimum absolute atomic E-state index is 0.484. The van der Waals surface area contributed by atoms with Crippen LogP contribution in [0.25, 0.3) is 11.0 Å². The maximum atomic E-state index is 11.1. The summed E-state index contributed by atoms with van der Waals surface area (Å²) in [4.78, 5) is 23.2. The maximum absolute atomic E-state index is 11.1. The van der Waals surface area contributed by atoms with Crippen LogP contribution in [0.5, 0.6) is 0 Å². The van der Waals surface area contributed by atoms with Gasteiger partial charge in [-0.15, -0.1) is 0 Å². The fourth-order valence-electron chi connectivity index (χ4n) is 2.97. The number of aromatic nitrogens is 3. The van der Waals surface area contributed by atoms with E-state index in [2.05, 4.69) is 15.0 Å². The van der Waals surface area contributed by atoms with Gasteiger partial charge in [0, 0.05) is 17.7 Å². The Kier molecular flexibility index (Phi) is 2.86. The second kappa shape index (κ2) is 4.52. The number of nitrogens with zero attached hydrogens (tertiary/aromatic N) is 2. The van der Waals surface area contributed by atoms with Gasteiger partial charge in [-0.1, -0.05) is 19.3 Å². The van der Waals surface area contributed by atoms with Gasteiger partial charge >= 0.3 is 0 Å². The van der Waals surface area contributed by atoms with Crippen LogP contribution < -0.4 is 0 Å². The Labute approximate surface area is 106 Å². The lowest BCUT2D eigenvalue weighted by atomic mass is 9.85. The summed E-state index contributed by atoms with van der Waals surface area (Å²) in [6.07, 6.45) is 8.82. The third kappa shape index (κ3) is 1.82. The number of nitrogens with one attached hydrogen (secondary N) is 1. The number of carbonyl (C=O) groups excluding carboxylic acids is 1. The zero-order chi connectivity index (χ0) is 12.5. The zero-order valence-corrected chi connectivity index (χ0v) is 10.6. The lowest BCUT2D eigenvalue weighted by molar-refractivity contribution is 0.112. The van der Waals surface area contributed by atoms with Crippen LogP contribution in [0.4, 0.5) is 0 Å². The second-order valence-electron chi connectivity index (χ2n) is 5.08. The number of aryl methyl sites for hydroxylation is 1. The van der Waals surface area contributed by atoms with E-state index in [1.807, 2.05) is 6.92 Å². The predicted octanol–water partition coefficient (Wildman–Crippen LogP) is 3.13. The lowest BCUT2D eigenvalue weighted by Crippen LogP contribution is -2.09. The normalized spacial score (nSPS) is 17.2. The van der Waals surface area contributed by atoms with Crippen LogP contribution in [0, 0.1) is 6.92 Å². The van der Waals surface area contributed by atoms with E-state index in [4.69, 9.17) is 0 Å². The number of carbonyl (C=O) groups is 1. The molecule has 0 bridgehead atoms. The van der Waals surface area contributed by atoms with Crippen LogP contribution in [0.2, 0.25) is 0 Å². The molecule has 1 aliphatic rings. The van der Waals surface area contributed by atoms with Crippen LogP contribution in [0.1, 0.15) is 59.9 Å². The van der Waals surface area contributed by atoms with E-state index in [9.17, 15) is 4.79 Å². The number of hydrogen-bond donors (Lipinski definition) is 1. The van der Waals surface area contributed by atoms with Gasteiger partial charge in [0.15, 0.2) is 6.29 Å². The molecule has 1 N–H and O–H groups in total. The van der Waals surface area contributed by atoms with Crippen molar-refractivity contribution < 1.29 is 4.79 Å². The van der Waals surface area contributed by atoms with Crippen molar-refractivity contribution in [2.24, 2.45) is 0 Å². The molecular weight excluding hydrogens is 226 g/mol. The maximum Gasteiger partial charge on any atom is 0.152 e. The van der Waals surface area contributed by atoms with Gasteiger partial charge in [-0.05, 0) is 19.8 Å². The summed E-state index contributed by atoms with van der Waals surface area (Å²) in [6.45, 7) is 1.91. The first-order valence-electron chi connectivity index (χ1n) is 6.60. The largest absolute Gasteiger partial charge is 0.345 e. The summed E-state index contributed by atoms with van der Waals surface area (Å²) in [5.74, 6) is 1.26. The molecule has 1 saturated carbocycles. The van der Waals surface area contributed by atoms with Crippen LogP contribution in [0.15, 0.2) is 6.20 Å². The fraction of sp³-hybridized carbons (Fsp3) is 0.500. The highest BCUT2D eigenvalue weighted by atomic mass is 16.1. The van der Waals surface area contributed by atoms with Crippen molar-refractivity contribution >= 4 is 17.3 Å². The molecule has 0 aromatic carbocycles. The molecule has 18 heavy (non-hydrogen) atoms. The molecule has 1 fully saturated rings. The molecule has 0 atom stereocenters.